The molecule has 16 heteroatoms. The van der Waals surface area contributed by atoms with Gasteiger partial charge < -0.3 is 20.2 Å². The van der Waals surface area contributed by atoms with Crippen LogP contribution in [0, 0.1) is 10.8 Å². The van der Waals surface area contributed by atoms with Gasteiger partial charge in [0.2, 0.25) is 0 Å². The summed E-state index contributed by atoms with van der Waals surface area (Å²) in [7, 11) is -9.29. The Hall–Kier alpha value is -6.29. The number of anilines is 3. The Morgan fingerprint density at radius 2 is 0.590 bits per heavy atom. The highest BCUT2D eigenvalue weighted by molar-refractivity contribution is 9.11. The molecule has 0 unspecified atom stereocenters. The van der Waals surface area contributed by atoms with E-state index in [0.29, 0.717) is 35.5 Å². The summed E-state index contributed by atoms with van der Waals surface area (Å²) in [4.78, 5) is 2.13. The van der Waals surface area contributed by atoms with Crippen molar-refractivity contribution < 1.29 is 0 Å². The number of nitrogens with zero attached hydrogens (tertiary/aromatic N) is 10. The van der Waals surface area contributed by atoms with E-state index in [1.807, 2.05) is 54.6 Å². The Morgan fingerprint density at radius 1 is 0.359 bits per heavy atom. The lowest BCUT2D eigenvalue weighted by Gasteiger charge is -2.51. The number of benzene rings is 9. The average molecular weight is 1270 g/mol. The molecule has 0 aliphatic carbocycles. The predicted octanol–water partition coefficient (Wildman–Crippen LogP) is 19.4. The van der Waals surface area contributed by atoms with Crippen LogP contribution >= 0.6 is 70.0 Å². The topological polar surface area (TPSA) is 120 Å². The SMILES string of the molecule is CC(C)(C)C12C[P+](c3ccccc3)(c3ccccc3)[N-]N=Nc3ccc(Br)c(c3)N(c3cc(ccc3Br)N=N[N-][P+](c3ccccc3)(c3ccccc3)C1)c1cc(ccc1Br)N=N[N-][P+](c1ccccc1)(c1ccccc1)C2. The van der Waals surface area contributed by atoms with Crippen LogP contribution in [-0.2, 0) is 0 Å². The minimum Gasteiger partial charge on any atom is -0.348 e. The Morgan fingerprint density at radius 3 is 0.808 bits per heavy atom. The first-order chi connectivity index (χ1) is 37.9. The largest absolute Gasteiger partial charge is 0.348 e. The third kappa shape index (κ3) is 10.5. The molecule has 0 aromatic heterocycles. The van der Waals surface area contributed by atoms with Gasteiger partial charge in [-0.3, -0.25) is 0 Å². The Bertz CT molecular complexity index is 3140. The molecular weight excluding hydrogens is 1220 g/mol. The second-order valence-corrected chi connectivity index (χ2v) is 32.2. The van der Waals surface area contributed by atoms with Crippen molar-refractivity contribution in [3.05, 3.63) is 266 Å². The third-order valence-electron chi connectivity index (χ3n) is 14.9. The van der Waals surface area contributed by atoms with Gasteiger partial charge in [0.05, 0.1) is 41.0 Å². The maximum atomic E-state index is 5.80. The first-order valence-corrected chi connectivity index (χ1v) is 33.6. The van der Waals surface area contributed by atoms with E-state index in [9.17, 15) is 0 Å². The van der Waals surface area contributed by atoms with Gasteiger partial charge in [0.25, 0.3) is 0 Å². The van der Waals surface area contributed by atoms with Crippen molar-refractivity contribution >= 4 is 136 Å². The molecule has 0 atom stereocenters. The van der Waals surface area contributed by atoms with Gasteiger partial charge in [-0.1, -0.05) is 148 Å². The number of hydrogen-bond donors (Lipinski definition) is 0. The van der Waals surface area contributed by atoms with Crippen molar-refractivity contribution in [1.29, 1.82) is 0 Å². The van der Waals surface area contributed by atoms with Crippen LogP contribution in [0.5, 0.6) is 0 Å². The van der Waals surface area contributed by atoms with Crippen LogP contribution in [0.4, 0.5) is 34.1 Å². The van der Waals surface area contributed by atoms with Crippen LogP contribution in [0.2, 0.25) is 0 Å². The average Bonchev–Trinajstić information content (AvgIpc) is 3.67. The van der Waals surface area contributed by atoms with E-state index in [1.165, 1.54) is 0 Å². The van der Waals surface area contributed by atoms with E-state index in [-0.39, 0.29) is 0 Å². The number of rotatable bonds is 6. The highest BCUT2D eigenvalue weighted by atomic mass is 79.9. The molecule has 9 aromatic rings. The van der Waals surface area contributed by atoms with Gasteiger partial charge in [-0.25, -0.2) is 31.3 Å². The zero-order valence-electron chi connectivity index (χ0n) is 43.1. The molecule has 0 spiro atoms. The lowest BCUT2D eigenvalue weighted by Crippen LogP contribution is -2.52. The molecule has 8 bridgehead atoms. The van der Waals surface area contributed by atoms with Crippen molar-refractivity contribution in [3.63, 3.8) is 0 Å². The summed E-state index contributed by atoms with van der Waals surface area (Å²) in [5, 5.41) is 54.5. The van der Waals surface area contributed by atoms with Crippen LogP contribution in [0.3, 0.4) is 0 Å². The maximum Gasteiger partial charge on any atom is 0.127 e. The minimum atomic E-state index is -3.10. The summed E-state index contributed by atoms with van der Waals surface area (Å²) < 4.78 is 2.41. The third-order valence-corrected chi connectivity index (χ3v) is 28.1. The highest BCUT2D eigenvalue weighted by Gasteiger charge is 2.65. The van der Waals surface area contributed by atoms with Crippen molar-refractivity contribution in [2.45, 2.75) is 20.8 Å². The van der Waals surface area contributed by atoms with E-state index >= 15 is 0 Å². The monoisotopic (exact) mass is 1270 g/mol. The Balaban J connectivity index is 1.35. The molecule has 12 rings (SSSR count). The van der Waals surface area contributed by atoms with E-state index in [0.717, 1.165) is 62.3 Å². The van der Waals surface area contributed by atoms with Crippen LogP contribution in [0.1, 0.15) is 20.8 Å². The molecule has 388 valence electrons. The summed E-state index contributed by atoms with van der Waals surface area (Å²) in [5.74, 6) is 0. The van der Waals surface area contributed by atoms with Crippen LogP contribution in [0.15, 0.2) is 281 Å². The molecule has 3 heterocycles. The van der Waals surface area contributed by atoms with Crippen molar-refractivity contribution in [2.75, 3.05) is 23.4 Å². The van der Waals surface area contributed by atoms with Gasteiger partial charge in [0.1, 0.15) is 54.1 Å². The highest BCUT2D eigenvalue weighted by Crippen LogP contribution is 2.77. The van der Waals surface area contributed by atoms with Gasteiger partial charge >= 0.3 is 0 Å². The first-order valence-electron chi connectivity index (χ1n) is 25.5. The smallest absolute Gasteiger partial charge is 0.127 e. The standard InChI is InChI=1S/C62H54Br3N10P3/c1-61(2,3)62-43-76(49-22-10-4-11-23-49,50-24-12-5-13-25-50)72-69-66-46-34-37-55(63)58(40-46)75(59-41-47(35-38-56(59)64)67-70-73-77(44-62,51-26-14-6-15-27-51)52-28-16-7-17-29-52)60-42-48(36-39-57(60)65)68-71-74-78(45-62,53-30-18-8-19-31-53)54-32-20-9-21-33-54/h4-42H,43-45H2,1-3H3. The fourth-order valence-electron chi connectivity index (χ4n) is 10.6. The summed E-state index contributed by atoms with van der Waals surface area (Å²) in [5.41, 5.74) is 2.81. The quantitative estimate of drug-likeness (QED) is 0.151. The van der Waals surface area contributed by atoms with Gasteiger partial charge in [0.15, 0.2) is 0 Å². The van der Waals surface area contributed by atoms with Gasteiger partial charge in [0, 0.05) is 13.4 Å². The summed E-state index contributed by atoms with van der Waals surface area (Å²) in [6, 6.07) is 82.5. The van der Waals surface area contributed by atoms with E-state index in [2.05, 4.69) is 255 Å². The predicted molar refractivity (Wildman–Crippen MR) is 342 cm³/mol. The molecule has 0 fully saturated rings. The molecule has 10 nitrogen and oxygen atoms in total. The lowest BCUT2D eigenvalue weighted by atomic mass is 9.70. The lowest BCUT2D eigenvalue weighted by molar-refractivity contribution is 0.170. The van der Waals surface area contributed by atoms with E-state index in [1.54, 1.807) is 0 Å². The van der Waals surface area contributed by atoms with Crippen LogP contribution < -0.4 is 36.7 Å². The minimum absolute atomic E-state index is 0.532. The molecule has 0 saturated heterocycles. The molecule has 3 aliphatic heterocycles. The molecular formula is C62H54Br3N10P3. The zero-order chi connectivity index (χ0) is 53.8. The van der Waals surface area contributed by atoms with Crippen LogP contribution in [0.25, 0.3) is 15.6 Å². The second-order valence-electron chi connectivity index (χ2n) is 20.4. The summed E-state index contributed by atoms with van der Waals surface area (Å²) in [6.45, 7) is 7.16. The van der Waals surface area contributed by atoms with E-state index in [4.69, 9.17) is 46.6 Å². The van der Waals surface area contributed by atoms with Gasteiger partial charge in [-0.15, -0.1) is 0 Å². The van der Waals surface area contributed by atoms with Gasteiger partial charge in [-0.2, -0.15) is 0 Å². The zero-order valence-corrected chi connectivity index (χ0v) is 50.5. The van der Waals surface area contributed by atoms with Crippen molar-refractivity contribution in [1.82, 2.24) is 0 Å². The molecule has 0 amide bonds. The summed E-state index contributed by atoms with van der Waals surface area (Å²) >= 11 is 11.9. The first kappa shape index (κ1) is 53.7. The van der Waals surface area contributed by atoms with Crippen molar-refractivity contribution in [2.24, 2.45) is 41.8 Å². The molecule has 3 aliphatic rings. The summed E-state index contributed by atoms with van der Waals surface area (Å²) in [6.07, 6.45) is 1.60. The maximum absolute atomic E-state index is 5.80. The fraction of sp³-hybridized carbons (Fsp3) is 0.129. The molecule has 0 N–H and O–H groups in total. The van der Waals surface area contributed by atoms with Crippen molar-refractivity contribution in [3.8, 4) is 0 Å². The van der Waals surface area contributed by atoms with Crippen LogP contribution in [-0.4, -0.2) is 18.5 Å². The fourth-order valence-corrected chi connectivity index (χ4v) is 24.5. The number of fused-ring (bicyclic) bond motifs is 9. The molecule has 0 saturated carbocycles. The van der Waals surface area contributed by atoms with Gasteiger partial charge in [-0.05, 0) is 179 Å². The second kappa shape index (κ2) is 22.8. The molecule has 9 aromatic carbocycles. The van der Waals surface area contributed by atoms with E-state index < -0.39 is 33.1 Å². The molecule has 78 heavy (non-hydrogen) atoms. The number of halogens is 3. The normalized spacial score (nSPS) is 17.7. The Labute approximate surface area is 483 Å². The molecule has 0 radical (unpaired) electrons. The number of hydrogen-bond acceptors (Lipinski definition) is 7. The Kier molecular flexibility index (Phi) is 15.7.